The molecule has 0 fully saturated rings. The second kappa shape index (κ2) is 9.17. The van der Waals surface area contributed by atoms with Crippen LogP contribution in [0.3, 0.4) is 0 Å². The van der Waals surface area contributed by atoms with Crippen LogP contribution in [0.4, 0.5) is 4.79 Å². The molecule has 0 radical (unpaired) electrons. The lowest BCUT2D eigenvalue weighted by molar-refractivity contribution is -0.139. The van der Waals surface area contributed by atoms with Gasteiger partial charge in [0.05, 0.1) is 12.5 Å². The first kappa shape index (κ1) is 19.2. The fraction of sp³-hybridized carbons (Fsp3) is 0.769. The highest BCUT2D eigenvalue weighted by Gasteiger charge is 2.15. The molecule has 1 atom stereocenters. The first-order valence-corrected chi connectivity index (χ1v) is 6.71. The molecule has 0 saturated carbocycles. The zero-order valence-corrected chi connectivity index (χ0v) is 13.0. The number of carbonyl (C=O) groups is 3. The first-order valence-electron chi connectivity index (χ1n) is 6.71. The molecule has 0 aromatic heterocycles. The standard InChI is InChI=1S/C13H25N3O5/c1-13(2,3)16-10(17)5-6-14-12(20)15-8-9(21-4)7-11(18)19/h9H,5-8H2,1-4H3,(H,16,17)(H,18,19)(H2,14,15,20). The predicted octanol–water partition coefficient (Wildman–Crippen LogP) is 0.0801. The highest BCUT2D eigenvalue weighted by Crippen LogP contribution is 1.98. The third-order valence-corrected chi connectivity index (χ3v) is 2.38. The Bertz CT molecular complexity index is 365. The van der Waals surface area contributed by atoms with Crippen LogP contribution in [-0.4, -0.2) is 54.9 Å². The lowest BCUT2D eigenvalue weighted by Gasteiger charge is -2.20. The van der Waals surface area contributed by atoms with Crippen LogP contribution in [0.5, 0.6) is 0 Å². The normalized spacial score (nSPS) is 12.4. The molecule has 8 nitrogen and oxygen atoms in total. The Morgan fingerprint density at radius 2 is 1.81 bits per heavy atom. The highest BCUT2D eigenvalue weighted by atomic mass is 16.5. The van der Waals surface area contributed by atoms with E-state index in [2.05, 4.69) is 16.0 Å². The number of hydrogen-bond acceptors (Lipinski definition) is 4. The van der Waals surface area contributed by atoms with E-state index < -0.39 is 18.1 Å². The van der Waals surface area contributed by atoms with Gasteiger partial charge in [0.2, 0.25) is 5.91 Å². The van der Waals surface area contributed by atoms with E-state index in [1.807, 2.05) is 20.8 Å². The molecule has 4 N–H and O–H groups in total. The van der Waals surface area contributed by atoms with Crippen LogP contribution in [0.1, 0.15) is 33.6 Å². The SMILES string of the molecule is COC(CNC(=O)NCCC(=O)NC(C)(C)C)CC(=O)O. The van der Waals surface area contributed by atoms with Crippen LogP contribution in [-0.2, 0) is 14.3 Å². The van der Waals surface area contributed by atoms with Crippen molar-refractivity contribution in [3.8, 4) is 0 Å². The maximum Gasteiger partial charge on any atom is 0.314 e. The summed E-state index contributed by atoms with van der Waals surface area (Å²) in [4.78, 5) is 33.5. The van der Waals surface area contributed by atoms with Gasteiger partial charge < -0.3 is 25.8 Å². The summed E-state index contributed by atoms with van der Waals surface area (Å²) in [6.07, 6.45) is -0.601. The predicted molar refractivity (Wildman–Crippen MR) is 77.0 cm³/mol. The molecule has 0 aliphatic carbocycles. The number of aliphatic carboxylic acids is 1. The lowest BCUT2D eigenvalue weighted by atomic mass is 10.1. The van der Waals surface area contributed by atoms with E-state index in [4.69, 9.17) is 9.84 Å². The minimum atomic E-state index is -0.997. The Morgan fingerprint density at radius 1 is 1.19 bits per heavy atom. The lowest BCUT2D eigenvalue weighted by Crippen LogP contribution is -2.44. The Kier molecular flexibility index (Phi) is 8.37. The number of urea groups is 1. The topological polar surface area (TPSA) is 117 Å². The number of nitrogens with one attached hydrogen (secondary N) is 3. The third kappa shape index (κ3) is 11.7. The van der Waals surface area contributed by atoms with Gasteiger partial charge in [-0.15, -0.1) is 0 Å². The van der Waals surface area contributed by atoms with Crippen molar-refractivity contribution in [1.82, 2.24) is 16.0 Å². The summed E-state index contributed by atoms with van der Waals surface area (Å²) in [6.45, 7) is 5.91. The molecule has 0 aliphatic heterocycles. The van der Waals surface area contributed by atoms with Gasteiger partial charge in [0.1, 0.15) is 0 Å². The summed E-state index contributed by atoms with van der Waals surface area (Å²) in [5, 5.41) is 16.4. The van der Waals surface area contributed by atoms with E-state index in [0.717, 1.165) is 0 Å². The number of hydrogen-bond donors (Lipinski definition) is 4. The number of carboxylic acids is 1. The molecule has 0 rings (SSSR count). The van der Waals surface area contributed by atoms with Gasteiger partial charge in [-0.2, -0.15) is 0 Å². The van der Waals surface area contributed by atoms with Crippen LogP contribution in [0.2, 0.25) is 0 Å². The molecule has 21 heavy (non-hydrogen) atoms. The largest absolute Gasteiger partial charge is 0.481 e. The first-order chi connectivity index (χ1) is 9.64. The number of amides is 3. The second-order valence-electron chi connectivity index (χ2n) is 5.64. The number of carboxylic acid groups (broad SMARTS) is 1. The molecule has 0 heterocycles. The molecule has 0 aromatic carbocycles. The maximum atomic E-state index is 11.5. The van der Waals surface area contributed by atoms with Crippen molar-refractivity contribution in [1.29, 1.82) is 0 Å². The summed E-state index contributed by atoms with van der Waals surface area (Å²) in [5.41, 5.74) is -0.304. The molecule has 0 aromatic rings. The van der Waals surface area contributed by atoms with Crippen molar-refractivity contribution in [3.05, 3.63) is 0 Å². The van der Waals surface area contributed by atoms with Crippen molar-refractivity contribution < 1.29 is 24.2 Å². The Morgan fingerprint density at radius 3 is 2.29 bits per heavy atom. The van der Waals surface area contributed by atoms with Crippen LogP contribution >= 0.6 is 0 Å². The molecule has 0 aliphatic rings. The van der Waals surface area contributed by atoms with Gasteiger partial charge in [-0.05, 0) is 20.8 Å². The van der Waals surface area contributed by atoms with Gasteiger partial charge in [0, 0.05) is 32.2 Å². The molecule has 8 heteroatoms. The summed E-state index contributed by atoms with van der Waals surface area (Å²) >= 11 is 0. The van der Waals surface area contributed by atoms with Crippen LogP contribution in [0, 0.1) is 0 Å². The van der Waals surface area contributed by atoms with Crippen molar-refractivity contribution in [2.24, 2.45) is 0 Å². The number of methoxy groups -OCH3 is 1. The van der Waals surface area contributed by atoms with Crippen molar-refractivity contribution in [2.75, 3.05) is 20.2 Å². The Balaban J connectivity index is 3.85. The summed E-state index contributed by atoms with van der Waals surface area (Å²) < 4.78 is 4.92. The van der Waals surface area contributed by atoms with Gasteiger partial charge in [0.25, 0.3) is 0 Å². The van der Waals surface area contributed by atoms with Gasteiger partial charge in [0.15, 0.2) is 0 Å². The van der Waals surface area contributed by atoms with Crippen molar-refractivity contribution in [2.45, 2.75) is 45.3 Å². The molecular weight excluding hydrogens is 278 g/mol. The zero-order chi connectivity index (χ0) is 16.5. The van der Waals surface area contributed by atoms with Gasteiger partial charge in [-0.25, -0.2) is 4.79 Å². The van der Waals surface area contributed by atoms with Crippen LogP contribution in [0.25, 0.3) is 0 Å². The third-order valence-electron chi connectivity index (χ3n) is 2.38. The van der Waals surface area contributed by atoms with Crippen LogP contribution < -0.4 is 16.0 Å². The number of rotatable bonds is 8. The molecule has 0 spiro atoms. The molecule has 0 saturated heterocycles. The minimum Gasteiger partial charge on any atom is -0.481 e. The van der Waals surface area contributed by atoms with Crippen molar-refractivity contribution in [3.63, 3.8) is 0 Å². The van der Waals surface area contributed by atoms with E-state index in [9.17, 15) is 14.4 Å². The minimum absolute atomic E-state index is 0.0861. The summed E-state index contributed by atoms with van der Waals surface area (Å²) in [6, 6.07) is -0.467. The van der Waals surface area contributed by atoms with E-state index in [1.54, 1.807) is 0 Å². The Labute approximate surface area is 124 Å². The smallest absolute Gasteiger partial charge is 0.314 e. The zero-order valence-electron chi connectivity index (χ0n) is 13.0. The van der Waals surface area contributed by atoms with Crippen LogP contribution in [0.15, 0.2) is 0 Å². The van der Waals surface area contributed by atoms with Gasteiger partial charge in [-0.1, -0.05) is 0 Å². The number of ether oxygens (including phenoxy) is 1. The fourth-order valence-electron chi connectivity index (χ4n) is 1.47. The van der Waals surface area contributed by atoms with Gasteiger partial charge >= 0.3 is 12.0 Å². The van der Waals surface area contributed by atoms with E-state index >= 15 is 0 Å². The fourth-order valence-corrected chi connectivity index (χ4v) is 1.47. The monoisotopic (exact) mass is 303 g/mol. The quantitative estimate of drug-likeness (QED) is 0.506. The molecule has 0 bridgehead atoms. The van der Waals surface area contributed by atoms with Gasteiger partial charge in [-0.3, -0.25) is 9.59 Å². The second-order valence-corrected chi connectivity index (χ2v) is 5.64. The average molecular weight is 303 g/mol. The maximum absolute atomic E-state index is 11.5. The highest BCUT2D eigenvalue weighted by molar-refractivity contribution is 5.78. The van der Waals surface area contributed by atoms with E-state index in [1.165, 1.54) is 7.11 Å². The average Bonchev–Trinajstić information content (AvgIpc) is 2.31. The molecule has 1 unspecified atom stereocenters. The van der Waals surface area contributed by atoms with Crippen molar-refractivity contribution >= 4 is 17.9 Å². The van der Waals surface area contributed by atoms with E-state index in [0.29, 0.717) is 0 Å². The Hall–Kier alpha value is -1.83. The number of carbonyl (C=O) groups excluding carboxylic acids is 2. The summed E-state index contributed by atoms with van der Waals surface area (Å²) in [5.74, 6) is -1.15. The molecular formula is C13H25N3O5. The molecule has 122 valence electrons. The molecule has 3 amide bonds. The summed E-state index contributed by atoms with van der Waals surface area (Å²) in [7, 11) is 1.38. The van der Waals surface area contributed by atoms with E-state index in [-0.39, 0.29) is 37.4 Å².